The molecule has 0 unspecified atom stereocenters. The van der Waals surface area contributed by atoms with E-state index in [4.69, 9.17) is 10.5 Å². The normalized spacial score (nSPS) is 15.0. The van der Waals surface area contributed by atoms with Crippen LogP contribution in [0.1, 0.15) is 52.9 Å². The number of fused-ring (bicyclic) bond motifs is 1. The fourth-order valence-corrected chi connectivity index (χ4v) is 3.90. The summed E-state index contributed by atoms with van der Waals surface area (Å²) in [5.74, 6) is 1.12. The summed E-state index contributed by atoms with van der Waals surface area (Å²) in [6.07, 6.45) is 6.84. The van der Waals surface area contributed by atoms with Gasteiger partial charge < -0.3 is 19.9 Å². The third kappa shape index (κ3) is 6.43. The molecule has 3 rings (SSSR count). The second-order valence-corrected chi connectivity index (χ2v) is 9.55. The molecule has 0 aromatic carbocycles. The fraction of sp³-hybridized carbons (Fsp3) is 0.714. The second kappa shape index (κ2) is 9.67. The molecule has 2 aromatic rings. The van der Waals surface area contributed by atoms with Crippen LogP contribution in [0.25, 0.3) is 11.2 Å². The molecule has 0 atom stereocenters. The summed E-state index contributed by atoms with van der Waals surface area (Å²) in [6, 6.07) is 0. The number of carbonyl (C=O) groups excluding carboxylic acids is 1. The Morgan fingerprint density at radius 2 is 2.00 bits per heavy atom. The number of amides is 1. The fourth-order valence-electron chi connectivity index (χ4n) is 3.90. The summed E-state index contributed by atoms with van der Waals surface area (Å²) >= 11 is 0. The molecule has 10 nitrogen and oxygen atoms in total. The molecule has 0 spiro atoms. The summed E-state index contributed by atoms with van der Waals surface area (Å²) in [5.41, 5.74) is 9.63. The molecule has 2 heterocycles. The minimum absolute atomic E-state index is 0.152. The molecule has 0 saturated heterocycles. The molecule has 1 amide bonds. The van der Waals surface area contributed by atoms with E-state index in [1.165, 1.54) is 12.8 Å². The molecule has 31 heavy (non-hydrogen) atoms. The number of anilines is 2. The number of carbonyl (C=O) groups is 1. The van der Waals surface area contributed by atoms with E-state index in [-0.39, 0.29) is 5.95 Å². The van der Waals surface area contributed by atoms with E-state index < -0.39 is 11.7 Å². The van der Waals surface area contributed by atoms with E-state index >= 15 is 0 Å². The lowest BCUT2D eigenvalue weighted by Gasteiger charge is -2.29. The van der Waals surface area contributed by atoms with Gasteiger partial charge in [0.2, 0.25) is 5.95 Å². The van der Waals surface area contributed by atoms with Crippen LogP contribution in [-0.4, -0.2) is 63.3 Å². The third-order valence-corrected chi connectivity index (χ3v) is 5.26. The van der Waals surface area contributed by atoms with E-state index in [0.29, 0.717) is 29.4 Å². The Morgan fingerprint density at radius 1 is 1.29 bits per heavy atom. The number of ether oxygens (including phenoxy) is 1. The van der Waals surface area contributed by atoms with Crippen LogP contribution in [0, 0.1) is 5.92 Å². The average Bonchev–Trinajstić information content (AvgIpc) is 3.29. The summed E-state index contributed by atoms with van der Waals surface area (Å²) in [5, 5.41) is 1.74. The summed E-state index contributed by atoms with van der Waals surface area (Å²) < 4.78 is 7.47. The highest BCUT2D eigenvalue weighted by atomic mass is 16.6. The number of hydrogen-bond donors (Lipinski definition) is 2. The Balaban J connectivity index is 1.90. The minimum Gasteiger partial charge on any atom is -0.443 e. The van der Waals surface area contributed by atoms with Crippen molar-refractivity contribution >= 4 is 29.0 Å². The lowest BCUT2D eigenvalue weighted by Crippen LogP contribution is -2.47. The van der Waals surface area contributed by atoms with Crippen molar-refractivity contribution < 1.29 is 9.53 Å². The molecule has 1 aliphatic carbocycles. The number of imidazole rings is 1. The van der Waals surface area contributed by atoms with Crippen molar-refractivity contribution in [2.24, 2.45) is 5.92 Å². The Hall–Kier alpha value is -2.62. The largest absolute Gasteiger partial charge is 0.443 e. The van der Waals surface area contributed by atoms with Gasteiger partial charge in [0.1, 0.15) is 5.60 Å². The molecular formula is C21H36N8O2. The van der Waals surface area contributed by atoms with E-state index in [1.807, 2.05) is 39.4 Å². The number of hydrazine groups is 1. The predicted molar refractivity (Wildman–Crippen MR) is 122 cm³/mol. The van der Waals surface area contributed by atoms with Gasteiger partial charge in [0.25, 0.3) is 0 Å². The van der Waals surface area contributed by atoms with Gasteiger partial charge in [-0.15, -0.1) is 0 Å². The average molecular weight is 433 g/mol. The standard InChI is InChI=1S/C21H36N8O2/c1-21(2,3)31-20(30)26-29(13-15-9-6-7-10-15)18-16-17(24-19(22)25-18)28(14-23-16)12-8-11-27(4)5/h14-15H,6-13H2,1-5H3,(H,26,30)(H2,22,24,25). The highest BCUT2D eigenvalue weighted by Crippen LogP contribution is 2.29. The minimum atomic E-state index is -0.600. The van der Waals surface area contributed by atoms with Crippen LogP contribution in [0.4, 0.5) is 16.6 Å². The van der Waals surface area contributed by atoms with E-state index in [9.17, 15) is 4.79 Å². The molecule has 0 radical (unpaired) electrons. The second-order valence-electron chi connectivity index (χ2n) is 9.55. The maximum atomic E-state index is 12.6. The quantitative estimate of drug-likeness (QED) is 0.612. The van der Waals surface area contributed by atoms with Crippen LogP contribution in [0.5, 0.6) is 0 Å². The van der Waals surface area contributed by atoms with Gasteiger partial charge in [0.05, 0.1) is 6.33 Å². The molecular weight excluding hydrogens is 396 g/mol. The SMILES string of the molecule is CN(C)CCCn1cnc2c(N(CC3CCCC3)NC(=O)OC(C)(C)C)nc(N)nc21. The number of aromatic nitrogens is 4. The number of nitrogens with zero attached hydrogens (tertiary/aromatic N) is 6. The zero-order chi connectivity index (χ0) is 22.6. The van der Waals surface area contributed by atoms with Gasteiger partial charge in [-0.1, -0.05) is 12.8 Å². The van der Waals surface area contributed by atoms with Gasteiger partial charge in [0, 0.05) is 13.1 Å². The van der Waals surface area contributed by atoms with Gasteiger partial charge in [-0.2, -0.15) is 9.97 Å². The molecule has 0 bridgehead atoms. The van der Waals surface area contributed by atoms with Crippen molar-refractivity contribution in [2.45, 2.75) is 65.0 Å². The highest BCUT2D eigenvalue weighted by molar-refractivity contribution is 5.85. The first-order chi connectivity index (χ1) is 14.6. The lowest BCUT2D eigenvalue weighted by molar-refractivity contribution is 0.0518. The molecule has 1 saturated carbocycles. The van der Waals surface area contributed by atoms with Crippen LogP contribution in [-0.2, 0) is 11.3 Å². The van der Waals surface area contributed by atoms with Crippen molar-refractivity contribution in [1.29, 1.82) is 0 Å². The first-order valence-corrected chi connectivity index (χ1v) is 11.0. The highest BCUT2D eigenvalue weighted by Gasteiger charge is 2.26. The van der Waals surface area contributed by atoms with Crippen LogP contribution >= 0.6 is 0 Å². The van der Waals surface area contributed by atoms with Crippen molar-refractivity contribution in [1.82, 2.24) is 29.8 Å². The predicted octanol–water partition coefficient (Wildman–Crippen LogP) is 2.80. The maximum Gasteiger partial charge on any atom is 0.426 e. The van der Waals surface area contributed by atoms with Crippen molar-refractivity contribution in [2.75, 3.05) is 37.9 Å². The molecule has 3 N–H and O–H groups in total. The monoisotopic (exact) mass is 432 g/mol. The Morgan fingerprint density at radius 3 is 2.65 bits per heavy atom. The number of aryl methyl sites for hydroxylation is 1. The first-order valence-electron chi connectivity index (χ1n) is 11.0. The van der Waals surface area contributed by atoms with E-state index in [1.54, 1.807) is 11.3 Å². The van der Waals surface area contributed by atoms with Crippen LogP contribution < -0.4 is 16.2 Å². The van der Waals surface area contributed by atoms with Gasteiger partial charge in [-0.25, -0.2) is 15.2 Å². The van der Waals surface area contributed by atoms with Gasteiger partial charge in [-0.05, 0) is 66.6 Å². The Labute approximate surface area is 184 Å². The zero-order valence-electron chi connectivity index (χ0n) is 19.4. The number of nitrogen functional groups attached to an aromatic ring is 1. The summed E-state index contributed by atoms with van der Waals surface area (Å²) in [6.45, 7) is 7.87. The molecule has 2 aromatic heterocycles. The van der Waals surface area contributed by atoms with E-state index in [2.05, 4.69) is 25.3 Å². The molecule has 1 aliphatic rings. The van der Waals surface area contributed by atoms with Crippen LogP contribution in [0.3, 0.4) is 0 Å². The molecule has 10 heteroatoms. The summed E-state index contributed by atoms with van der Waals surface area (Å²) in [7, 11) is 4.10. The van der Waals surface area contributed by atoms with Crippen LogP contribution in [0.2, 0.25) is 0 Å². The lowest BCUT2D eigenvalue weighted by atomic mass is 10.1. The van der Waals surface area contributed by atoms with E-state index in [0.717, 1.165) is 32.4 Å². The Bertz CT molecular complexity index is 883. The van der Waals surface area contributed by atoms with Gasteiger partial charge in [-0.3, -0.25) is 5.01 Å². The Kier molecular flexibility index (Phi) is 7.19. The van der Waals surface area contributed by atoms with Crippen molar-refractivity contribution in [3.63, 3.8) is 0 Å². The molecule has 1 fully saturated rings. The number of hydrogen-bond acceptors (Lipinski definition) is 8. The summed E-state index contributed by atoms with van der Waals surface area (Å²) in [4.78, 5) is 28.2. The molecule has 0 aliphatic heterocycles. The number of nitrogens with one attached hydrogen (secondary N) is 1. The van der Waals surface area contributed by atoms with Crippen LogP contribution in [0.15, 0.2) is 6.33 Å². The maximum absolute atomic E-state index is 12.6. The molecule has 172 valence electrons. The van der Waals surface area contributed by atoms with Crippen molar-refractivity contribution in [3.8, 4) is 0 Å². The van der Waals surface area contributed by atoms with Crippen molar-refractivity contribution in [3.05, 3.63) is 6.33 Å². The smallest absolute Gasteiger partial charge is 0.426 e. The van der Waals surface area contributed by atoms with Gasteiger partial charge in [0.15, 0.2) is 17.0 Å². The first kappa shape index (κ1) is 23.1. The number of nitrogens with two attached hydrogens (primary N) is 1. The topological polar surface area (TPSA) is 114 Å². The zero-order valence-corrected chi connectivity index (χ0v) is 19.4. The van der Waals surface area contributed by atoms with Gasteiger partial charge >= 0.3 is 6.09 Å². The number of rotatable bonds is 8. The third-order valence-electron chi connectivity index (χ3n) is 5.26.